The lowest BCUT2D eigenvalue weighted by Gasteiger charge is -2.04. The van der Waals surface area contributed by atoms with Crippen molar-refractivity contribution in [1.82, 2.24) is 0 Å². The standard InChI is InChI=1S/C11H17NO/c1-2-9-6-10(4-3-5-12)8-11(13)7-9/h6-8,13H,2-5,12H2,1H3. The molecule has 3 N–H and O–H groups in total. The number of phenolic OH excluding ortho intramolecular Hbond substituents is 1. The first-order valence-electron chi connectivity index (χ1n) is 4.78. The number of benzene rings is 1. The minimum Gasteiger partial charge on any atom is -0.508 e. The van der Waals surface area contributed by atoms with E-state index in [9.17, 15) is 5.11 Å². The lowest BCUT2D eigenvalue weighted by Crippen LogP contribution is -2.00. The van der Waals surface area contributed by atoms with Crippen LogP contribution in [0.3, 0.4) is 0 Å². The molecular formula is C11H17NO. The summed E-state index contributed by atoms with van der Waals surface area (Å²) in [6.45, 7) is 2.79. The van der Waals surface area contributed by atoms with E-state index in [1.54, 1.807) is 0 Å². The fourth-order valence-corrected chi connectivity index (χ4v) is 1.40. The van der Waals surface area contributed by atoms with Gasteiger partial charge >= 0.3 is 0 Å². The first-order valence-corrected chi connectivity index (χ1v) is 4.78. The van der Waals surface area contributed by atoms with Crippen molar-refractivity contribution in [2.24, 2.45) is 5.73 Å². The van der Waals surface area contributed by atoms with Crippen molar-refractivity contribution in [1.29, 1.82) is 0 Å². The number of nitrogens with two attached hydrogens (primary N) is 1. The topological polar surface area (TPSA) is 46.2 Å². The number of hydrogen-bond acceptors (Lipinski definition) is 2. The summed E-state index contributed by atoms with van der Waals surface area (Å²) in [7, 11) is 0. The van der Waals surface area contributed by atoms with Gasteiger partial charge in [0.05, 0.1) is 0 Å². The first-order chi connectivity index (χ1) is 6.26. The highest BCUT2D eigenvalue weighted by molar-refractivity contribution is 5.33. The van der Waals surface area contributed by atoms with Gasteiger partial charge in [0.25, 0.3) is 0 Å². The summed E-state index contributed by atoms with van der Waals surface area (Å²) in [6, 6.07) is 5.76. The molecule has 0 saturated heterocycles. The van der Waals surface area contributed by atoms with E-state index in [1.807, 2.05) is 12.1 Å². The van der Waals surface area contributed by atoms with Gasteiger partial charge in [0, 0.05) is 0 Å². The van der Waals surface area contributed by atoms with Crippen molar-refractivity contribution in [2.75, 3.05) is 6.54 Å². The summed E-state index contributed by atoms with van der Waals surface area (Å²) in [6.07, 6.45) is 2.90. The van der Waals surface area contributed by atoms with E-state index in [4.69, 9.17) is 5.73 Å². The average Bonchev–Trinajstić information content (AvgIpc) is 2.14. The molecule has 1 aromatic rings. The van der Waals surface area contributed by atoms with Gasteiger partial charge in [0.15, 0.2) is 0 Å². The quantitative estimate of drug-likeness (QED) is 0.741. The molecule has 0 heterocycles. The van der Waals surface area contributed by atoms with Crippen molar-refractivity contribution in [3.63, 3.8) is 0 Å². The molecule has 0 spiro atoms. The van der Waals surface area contributed by atoms with E-state index < -0.39 is 0 Å². The van der Waals surface area contributed by atoms with Crippen LogP contribution in [0.4, 0.5) is 0 Å². The van der Waals surface area contributed by atoms with Gasteiger partial charge in [-0.3, -0.25) is 0 Å². The maximum absolute atomic E-state index is 9.39. The molecule has 2 heteroatoms. The first kappa shape index (κ1) is 10.1. The molecule has 0 aliphatic rings. The Morgan fingerprint density at radius 2 is 1.92 bits per heavy atom. The summed E-state index contributed by atoms with van der Waals surface area (Å²) in [5.74, 6) is 0.367. The van der Waals surface area contributed by atoms with Crippen LogP contribution in [0.1, 0.15) is 24.5 Å². The van der Waals surface area contributed by atoms with E-state index in [2.05, 4.69) is 13.0 Å². The van der Waals surface area contributed by atoms with Gasteiger partial charge in [-0.25, -0.2) is 0 Å². The Balaban J connectivity index is 2.76. The normalized spacial score (nSPS) is 10.3. The summed E-state index contributed by atoms with van der Waals surface area (Å²) in [5.41, 5.74) is 7.79. The molecule has 13 heavy (non-hydrogen) atoms. The molecule has 0 saturated carbocycles. The molecule has 0 radical (unpaired) electrons. The predicted octanol–water partition coefficient (Wildman–Crippen LogP) is 1.85. The molecule has 0 unspecified atom stereocenters. The Morgan fingerprint density at radius 1 is 1.23 bits per heavy atom. The maximum atomic E-state index is 9.39. The highest BCUT2D eigenvalue weighted by atomic mass is 16.3. The number of aryl methyl sites for hydroxylation is 2. The summed E-state index contributed by atoms with van der Waals surface area (Å²) >= 11 is 0. The number of rotatable bonds is 4. The van der Waals surface area contributed by atoms with Crippen LogP contribution >= 0.6 is 0 Å². The molecule has 0 aromatic heterocycles. The third kappa shape index (κ3) is 3.07. The van der Waals surface area contributed by atoms with Crippen LogP contribution in [-0.2, 0) is 12.8 Å². The van der Waals surface area contributed by atoms with E-state index in [0.717, 1.165) is 19.3 Å². The molecule has 0 bridgehead atoms. The highest BCUT2D eigenvalue weighted by Gasteiger charge is 1.98. The molecule has 1 aromatic carbocycles. The van der Waals surface area contributed by atoms with Crippen molar-refractivity contribution in [2.45, 2.75) is 26.2 Å². The summed E-state index contributed by atoms with van der Waals surface area (Å²) in [5, 5.41) is 9.39. The van der Waals surface area contributed by atoms with Crippen LogP contribution in [0.5, 0.6) is 5.75 Å². The van der Waals surface area contributed by atoms with Crippen LogP contribution < -0.4 is 5.73 Å². The minimum absolute atomic E-state index is 0.367. The molecule has 0 fully saturated rings. The Hall–Kier alpha value is -1.02. The summed E-state index contributed by atoms with van der Waals surface area (Å²) in [4.78, 5) is 0. The Kier molecular flexibility index (Phi) is 3.77. The minimum atomic E-state index is 0.367. The fourth-order valence-electron chi connectivity index (χ4n) is 1.40. The third-order valence-corrected chi connectivity index (χ3v) is 2.12. The largest absolute Gasteiger partial charge is 0.508 e. The molecule has 0 amide bonds. The van der Waals surface area contributed by atoms with Crippen molar-refractivity contribution in [3.8, 4) is 5.75 Å². The van der Waals surface area contributed by atoms with Crippen molar-refractivity contribution < 1.29 is 5.11 Å². The monoisotopic (exact) mass is 179 g/mol. The SMILES string of the molecule is CCc1cc(O)cc(CCCN)c1. The number of hydrogen-bond donors (Lipinski definition) is 2. The van der Waals surface area contributed by atoms with Gasteiger partial charge < -0.3 is 10.8 Å². The molecule has 2 nitrogen and oxygen atoms in total. The van der Waals surface area contributed by atoms with Crippen molar-refractivity contribution >= 4 is 0 Å². The van der Waals surface area contributed by atoms with Crippen LogP contribution in [0.15, 0.2) is 18.2 Å². The van der Waals surface area contributed by atoms with E-state index >= 15 is 0 Å². The fraction of sp³-hybridized carbons (Fsp3) is 0.455. The Bertz CT molecular complexity index is 271. The van der Waals surface area contributed by atoms with E-state index in [-0.39, 0.29) is 0 Å². The van der Waals surface area contributed by atoms with Gasteiger partial charge in [-0.15, -0.1) is 0 Å². The van der Waals surface area contributed by atoms with Gasteiger partial charge in [-0.2, -0.15) is 0 Å². The van der Waals surface area contributed by atoms with Gasteiger partial charge in [-0.05, 0) is 49.1 Å². The maximum Gasteiger partial charge on any atom is 0.116 e. The van der Waals surface area contributed by atoms with Crippen LogP contribution in [0, 0.1) is 0 Å². The zero-order valence-electron chi connectivity index (χ0n) is 8.09. The molecule has 0 atom stereocenters. The van der Waals surface area contributed by atoms with Crippen molar-refractivity contribution in [3.05, 3.63) is 29.3 Å². The molecular weight excluding hydrogens is 162 g/mol. The van der Waals surface area contributed by atoms with Crippen LogP contribution in [0.2, 0.25) is 0 Å². The van der Waals surface area contributed by atoms with Crippen LogP contribution in [-0.4, -0.2) is 11.7 Å². The predicted molar refractivity (Wildman–Crippen MR) is 54.9 cm³/mol. The van der Waals surface area contributed by atoms with E-state index in [1.165, 1.54) is 11.1 Å². The summed E-state index contributed by atoms with van der Waals surface area (Å²) < 4.78 is 0. The van der Waals surface area contributed by atoms with Gasteiger partial charge in [-0.1, -0.05) is 13.0 Å². The lowest BCUT2D eigenvalue weighted by atomic mass is 10.0. The molecule has 1 rings (SSSR count). The molecule has 72 valence electrons. The van der Waals surface area contributed by atoms with E-state index in [0.29, 0.717) is 12.3 Å². The second-order valence-corrected chi connectivity index (χ2v) is 3.25. The van der Waals surface area contributed by atoms with Gasteiger partial charge in [0.2, 0.25) is 0 Å². The Labute approximate surface area is 79.4 Å². The highest BCUT2D eigenvalue weighted by Crippen LogP contribution is 2.17. The third-order valence-electron chi connectivity index (χ3n) is 2.12. The second kappa shape index (κ2) is 4.87. The molecule has 0 aliphatic carbocycles. The zero-order valence-corrected chi connectivity index (χ0v) is 8.09. The average molecular weight is 179 g/mol. The second-order valence-electron chi connectivity index (χ2n) is 3.25. The zero-order chi connectivity index (χ0) is 9.68. The van der Waals surface area contributed by atoms with Crippen LogP contribution in [0.25, 0.3) is 0 Å². The number of aromatic hydroxyl groups is 1. The number of phenols is 1. The van der Waals surface area contributed by atoms with Gasteiger partial charge in [0.1, 0.15) is 5.75 Å². The lowest BCUT2D eigenvalue weighted by molar-refractivity contribution is 0.473. The smallest absolute Gasteiger partial charge is 0.116 e. The molecule has 0 aliphatic heterocycles. The Morgan fingerprint density at radius 3 is 2.54 bits per heavy atom.